The second-order valence-corrected chi connectivity index (χ2v) is 3.24. The lowest BCUT2D eigenvalue weighted by atomic mass is 10.1. The van der Waals surface area contributed by atoms with Crippen LogP contribution in [0.15, 0.2) is 12.1 Å². The third kappa shape index (κ3) is 2.35. The van der Waals surface area contributed by atoms with Gasteiger partial charge in [0, 0.05) is 6.42 Å². The highest BCUT2D eigenvalue weighted by Gasteiger charge is 2.11. The van der Waals surface area contributed by atoms with Crippen molar-refractivity contribution in [3.05, 3.63) is 28.5 Å². The van der Waals surface area contributed by atoms with Crippen LogP contribution >= 0.6 is 11.6 Å². The number of benzene rings is 1. The number of carbonyl (C=O) groups is 1. The summed E-state index contributed by atoms with van der Waals surface area (Å²) in [5.74, 6) is -1.90. The minimum absolute atomic E-state index is 0.0397. The quantitative estimate of drug-likeness (QED) is 0.808. The predicted octanol–water partition coefficient (Wildman–Crippen LogP) is 1.60. The molecule has 0 spiro atoms. The molecule has 0 aromatic heterocycles. The number of primary amides is 1. The van der Waals surface area contributed by atoms with Crippen LogP contribution in [0.4, 0.5) is 4.39 Å². The number of halogens is 2. The van der Waals surface area contributed by atoms with E-state index in [0.29, 0.717) is 0 Å². The van der Waals surface area contributed by atoms with E-state index in [1.165, 1.54) is 12.1 Å². The first-order chi connectivity index (χ1) is 6.52. The van der Waals surface area contributed by atoms with E-state index in [1.54, 1.807) is 0 Å². The lowest BCUT2D eigenvalue weighted by Crippen LogP contribution is -2.11. The number of rotatable bonds is 3. The van der Waals surface area contributed by atoms with E-state index in [-0.39, 0.29) is 23.4 Å². The molecule has 3 nitrogen and oxygen atoms in total. The van der Waals surface area contributed by atoms with Crippen molar-refractivity contribution in [2.75, 3.05) is 0 Å². The number of hydrogen-bond acceptors (Lipinski definition) is 2. The van der Waals surface area contributed by atoms with Gasteiger partial charge in [0.25, 0.3) is 0 Å². The highest BCUT2D eigenvalue weighted by molar-refractivity contribution is 6.32. The Hall–Kier alpha value is -1.29. The molecule has 0 aliphatic rings. The molecule has 0 fully saturated rings. The van der Waals surface area contributed by atoms with Gasteiger partial charge in [0.15, 0.2) is 11.6 Å². The molecule has 1 rings (SSSR count). The van der Waals surface area contributed by atoms with Crippen LogP contribution < -0.4 is 5.73 Å². The zero-order valence-electron chi connectivity index (χ0n) is 7.26. The molecule has 0 bridgehead atoms. The Labute approximate surface area is 85.3 Å². The first kappa shape index (κ1) is 10.8. The maximum Gasteiger partial charge on any atom is 0.217 e. The van der Waals surface area contributed by atoms with E-state index in [1.807, 2.05) is 0 Å². The summed E-state index contributed by atoms with van der Waals surface area (Å²) in [6.45, 7) is 0. The maximum atomic E-state index is 13.2. The summed E-state index contributed by atoms with van der Waals surface area (Å²) < 4.78 is 13.2. The maximum absolute atomic E-state index is 13.2. The van der Waals surface area contributed by atoms with Crippen LogP contribution in [0.2, 0.25) is 5.02 Å². The zero-order valence-corrected chi connectivity index (χ0v) is 8.01. The Bertz CT molecular complexity index is 368. The number of phenols is 1. The number of phenolic OH excluding ortho intramolecular Hbond substituents is 1. The smallest absolute Gasteiger partial charge is 0.217 e. The van der Waals surface area contributed by atoms with E-state index in [2.05, 4.69) is 0 Å². The van der Waals surface area contributed by atoms with E-state index >= 15 is 0 Å². The van der Waals surface area contributed by atoms with Crippen molar-refractivity contribution in [2.45, 2.75) is 12.8 Å². The van der Waals surface area contributed by atoms with Crippen molar-refractivity contribution in [3.8, 4) is 5.75 Å². The first-order valence-electron chi connectivity index (χ1n) is 3.96. The first-order valence-corrected chi connectivity index (χ1v) is 4.34. The second kappa shape index (κ2) is 4.28. The van der Waals surface area contributed by atoms with Crippen molar-refractivity contribution in [3.63, 3.8) is 0 Å². The summed E-state index contributed by atoms with van der Waals surface area (Å²) in [5, 5.41) is 9.08. The fourth-order valence-electron chi connectivity index (χ4n) is 1.03. The molecule has 0 aliphatic heterocycles. The summed E-state index contributed by atoms with van der Waals surface area (Å²) in [4.78, 5) is 10.4. The van der Waals surface area contributed by atoms with Crippen LogP contribution in [0.5, 0.6) is 5.75 Å². The molecule has 1 amide bonds. The van der Waals surface area contributed by atoms with E-state index in [0.717, 1.165) is 0 Å². The molecule has 0 unspecified atom stereocenters. The molecule has 0 atom stereocenters. The largest absolute Gasteiger partial charge is 0.504 e. The molecule has 14 heavy (non-hydrogen) atoms. The number of hydrogen-bond donors (Lipinski definition) is 2. The normalized spacial score (nSPS) is 10.1. The third-order valence-electron chi connectivity index (χ3n) is 1.79. The summed E-state index contributed by atoms with van der Waals surface area (Å²) in [6.07, 6.45) is 0.198. The van der Waals surface area contributed by atoms with Crippen molar-refractivity contribution in [2.24, 2.45) is 5.73 Å². The zero-order chi connectivity index (χ0) is 10.7. The van der Waals surface area contributed by atoms with Crippen LogP contribution in [-0.2, 0) is 11.2 Å². The molecule has 0 saturated carbocycles. The third-order valence-corrected chi connectivity index (χ3v) is 2.09. The Kier molecular flexibility index (Phi) is 3.30. The van der Waals surface area contributed by atoms with Crippen molar-refractivity contribution >= 4 is 17.5 Å². The van der Waals surface area contributed by atoms with Gasteiger partial charge in [0.1, 0.15) is 0 Å². The SMILES string of the molecule is NC(=O)CCc1ccc(Cl)c(O)c1F. The summed E-state index contributed by atoms with van der Waals surface area (Å²) in [5.41, 5.74) is 5.14. The van der Waals surface area contributed by atoms with Gasteiger partial charge in [-0.2, -0.15) is 0 Å². The summed E-state index contributed by atoms with van der Waals surface area (Å²) >= 11 is 5.47. The Balaban J connectivity index is 2.88. The van der Waals surface area contributed by atoms with Crippen molar-refractivity contribution in [1.82, 2.24) is 0 Å². The number of carbonyl (C=O) groups excluding carboxylic acids is 1. The molecule has 1 aromatic carbocycles. The van der Waals surface area contributed by atoms with Crippen molar-refractivity contribution in [1.29, 1.82) is 0 Å². The molecule has 1 aromatic rings. The fourth-order valence-corrected chi connectivity index (χ4v) is 1.18. The van der Waals surface area contributed by atoms with Crippen molar-refractivity contribution < 1.29 is 14.3 Å². The lowest BCUT2D eigenvalue weighted by Gasteiger charge is -2.04. The number of aromatic hydroxyl groups is 1. The van der Waals surface area contributed by atoms with Gasteiger partial charge in [-0.05, 0) is 18.1 Å². The van der Waals surface area contributed by atoms with Gasteiger partial charge in [0.05, 0.1) is 5.02 Å². The molecule has 3 N–H and O–H groups in total. The van der Waals surface area contributed by atoms with E-state index < -0.39 is 17.5 Å². The fraction of sp³-hybridized carbons (Fsp3) is 0.222. The van der Waals surface area contributed by atoms with Gasteiger partial charge in [-0.15, -0.1) is 0 Å². The van der Waals surface area contributed by atoms with E-state index in [9.17, 15) is 9.18 Å². The number of amides is 1. The van der Waals surface area contributed by atoms with Gasteiger partial charge in [-0.25, -0.2) is 4.39 Å². The van der Waals surface area contributed by atoms with Crippen LogP contribution in [0.3, 0.4) is 0 Å². The summed E-state index contributed by atoms with van der Waals surface area (Å²) in [7, 11) is 0. The second-order valence-electron chi connectivity index (χ2n) is 2.84. The Morgan fingerprint density at radius 2 is 2.21 bits per heavy atom. The molecule has 0 saturated heterocycles. The molecular formula is C9H9ClFNO2. The molecule has 0 radical (unpaired) electrons. The summed E-state index contributed by atoms with van der Waals surface area (Å²) in [6, 6.07) is 2.79. The highest BCUT2D eigenvalue weighted by atomic mass is 35.5. The van der Waals surface area contributed by atoms with Gasteiger partial charge >= 0.3 is 0 Å². The van der Waals surface area contributed by atoms with Gasteiger partial charge in [-0.3, -0.25) is 4.79 Å². The van der Waals surface area contributed by atoms with Gasteiger partial charge < -0.3 is 10.8 Å². The van der Waals surface area contributed by atoms with Crippen LogP contribution in [0.1, 0.15) is 12.0 Å². The Morgan fingerprint density at radius 3 is 2.79 bits per heavy atom. The monoisotopic (exact) mass is 217 g/mol. The standard InChI is InChI=1S/C9H9ClFNO2/c10-6-3-1-5(2-4-7(12)13)8(11)9(6)14/h1,3,14H,2,4H2,(H2,12,13). The minimum Gasteiger partial charge on any atom is -0.504 e. The van der Waals surface area contributed by atoms with Crippen LogP contribution in [-0.4, -0.2) is 11.0 Å². The average molecular weight is 218 g/mol. The predicted molar refractivity (Wildman–Crippen MR) is 50.6 cm³/mol. The molecule has 0 aliphatic carbocycles. The van der Waals surface area contributed by atoms with Crippen LogP contribution in [0.25, 0.3) is 0 Å². The molecular weight excluding hydrogens is 209 g/mol. The number of aryl methyl sites for hydroxylation is 1. The topological polar surface area (TPSA) is 63.3 Å². The van der Waals surface area contributed by atoms with E-state index in [4.69, 9.17) is 22.4 Å². The molecule has 5 heteroatoms. The highest BCUT2D eigenvalue weighted by Crippen LogP contribution is 2.28. The lowest BCUT2D eigenvalue weighted by molar-refractivity contribution is -0.117. The number of nitrogens with two attached hydrogens (primary N) is 1. The Morgan fingerprint density at radius 1 is 1.57 bits per heavy atom. The van der Waals surface area contributed by atoms with Crippen LogP contribution in [0, 0.1) is 5.82 Å². The van der Waals surface area contributed by atoms with Gasteiger partial charge in [-0.1, -0.05) is 17.7 Å². The molecule has 76 valence electrons. The van der Waals surface area contributed by atoms with Gasteiger partial charge in [0.2, 0.25) is 5.91 Å². The minimum atomic E-state index is -0.793. The molecule has 0 heterocycles. The average Bonchev–Trinajstić information content (AvgIpc) is 2.13.